The fourth-order valence-electron chi connectivity index (χ4n) is 6.43. The summed E-state index contributed by atoms with van der Waals surface area (Å²) in [4.78, 5) is 24.8. The first-order valence-electron chi connectivity index (χ1n) is 23.1. The number of alkyl carbamates (subject to hydrolysis) is 1. The fraction of sp³-hybridized carbons (Fsp3) is 0.957. The van der Waals surface area contributed by atoms with Gasteiger partial charge in [-0.1, -0.05) is 155 Å². The van der Waals surface area contributed by atoms with Crippen LogP contribution in [0.3, 0.4) is 0 Å². The van der Waals surface area contributed by atoms with Crippen molar-refractivity contribution in [3.05, 3.63) is 0 Å². The van der Waals surface area contributed by atoms with E-state index in [9.17, 15) is 9.59 Å². The zero-order valence-electron chi connectivity index (χ0n) is 37.5. The molecular weight excluding hydrogens is 693 g/mol. The van der Waals surface area contributed by atoms with Crippen LogP contribution in [0.25, 0.3) is 0 Å². The number of ether oxygens (including phenoxy) is 5. The quantitative estimate of drug-likeness (QED) is 0.0594. The molecule has 0 aliphatic rings. The predicted molar refractivity (Wildman–Crippen MR) is 230 cm³/mol. The van der Waals surface area contributed by atoms with Crippen molar-refractivity contribution in [1.29, 1.82) is 0 Å². The molecule has 0 aromatic rings. The molecule has 9 heteroatoms. The zero-order chi connectivity index (χ0) is 40.7. The number of nitrogens with one attached hydrogen (secondary N) is 2. The molecule has 0 fully saturated rings. The Hall–Kier alpha value is -1.42. The largest absolute Gasteiger partial charge is 0.447 e. The number of amides is 2. The topological polar surface area (TPSA) is 104 Å². The number of carbonyl (C=O) groups is 2. The van der Waals surface area contributed by atoms with Crippen molar-refractivity contribution < 1.29 is 33.3 Å². The van der Waals surface area contributed by atoms with Crippen LogP contribution in [0, 0.1) is 0 Å². The molecule has 0 aromatic carbocycles. The van der Waals surface area contributed by atoms with Crippen molar-refractivity contribution in [3.8, 4) is 0 Å². The molecule has 0 spiro atoms. The number of unbranched alkanes of at least 4 members (excludes halogenated alkanes) is 22. The van der Waals surface area contributed by atoms with Gasteiger partial charge < -0.3 is 34.3 Å². The second kappa shape index (κ2) is 38.1. The molecule has 0 saturated carbocycles. The van der Waals surface area contributed by atoms with Gasteiger partial charge in [0.2, 0.25) is 5.91 Å². The molecule has 55 heavy (non-hydrogen) atoms. The molecule has 0 unspecified atom stereocenters. The van der Waals surface area contributed by atoms with Gasteiger partial charge in [-0.2, -0.15) is 0 Å². The summed E-state index contributed by atoms with van der Waals surface area (Å²) in [5.41, 5.74) is -0.584. The minimum absolute atomic E-state index is 0.119. The molecule has 0 bridgehead atoms. The SMILES string of the molecule is CCCCCCCCCCCCCCOC[C@@H](COC(=O)NCCC(=O)NCCC(C)(C)OCCC(C)(C)OC)OCCCCCCCCCCCCCC. The van der Waals surface area contributed by atoms with Gasteiger partial charge in [-0.3, -0.25) is 4.79 Å². The highest BCUT2D eigenvalue weighted by atomic mass is 16.6. The summed E-state index contributed by atoms with van der Waals surface area (Å²) in [6.45, 7) is 15.8. The van der Waals surface area contributed by atoms with Gasteiger partial charge in [0.25, 0.3) is 0 Å². The number of rotatable bonds is 42. The van der Waals surface area contributed by atoms with E-state index in [2.05, 4.69) is 24.5 Å². The molecule has 9 nitrogen and oxygen atoms in total. The molecule has 328 valence electrons. The monoisotopic (exact) mass is 785 g/mol. The van der Waals surface area contributed by atoms with Gasteiger partial charge in [0.15, 0.2) is 0 Å². The molecule has 0 aromatic heterocycles. The first kappa shape index (κ1) is 53.6. The van der Waals surface area contributed by atoms with Gasteiger partial charge in [-0.25, -0.2) is 4.79 Å². The van der Waals surface area contributed by atoms with E-state index in [1.54, 1.807) is 7.11 Å². The van der Waals surface area contributed by atoms with E-state index in [1.807, 2.05) is 27.7 Å². The minimum atomic E-state index is -0.541. The summed E-state index contributed by atoms with van der Waals surface area (Å²) in [5, 5.41) is 5.63. The van der Waals surface area contributed by atoms with Crippen LogP contribution in [-0.2, 0) is 28.5 Å². The first-order chi connectivity index (χ1) is 26.5. The lowest BCUT2D eigenvalue weighted by molar-refractivity contribution is -0.121. The van der Waals surface area contributed by atoms with Crippen molar-refractivity contribution in [2.24, 2.45) is 0 Å². The molecule has 0 heterocycles. The third-order valence-electron chi connectivity index (χ3n) is 10.6. The second-order valence-corrected chi connectivity index (χ2v) is 17.0. The van der Waals surface area contributed by atoms with Crippen molar-refractivity contribution in [1.82, 2.24) is 10.6 Å². The number of hydrogen-bond acceptors (Lipinski definition) is 7. The molecule has 0 aliphatic carbocycles. The Kier molecular flexibility index (Phi) is 37.1. The number of carbonyl (C=O) groups excluding carboxylic acids is 2. The summed E-state index contributed by atoms with van der Waals surface area (Å²) in [5.74, 6) is -0.119. The Morgan fingerprint density at radius 2 is 1.00 bits per heavy atom. The van der Waals surface area contributed by atoms with E-state index < -0.39 is 6.09 Å². The third-order valence-corrected chi connectivity index (χ3v) is 10.6. The Morgan fingerprint density at radius 3 is 1.49 bits per heavy atom. The summed E-state index contributed by atoms with van der Waals surface area (Å²) in [6.07, 6.45) is 32.2. The first-order valence-corrected chi connectivity index (χ1v) is 23.1. The molecule has 2 N–H and O–H groups in total. The van der Waals surface area contributed by atoms with Gasteiger partial charge in [0.1, 0.15) is 12.7 Å². The van der Waals surface area contributed by atoms with E-state index in [0.717, 1.165) is 25.7 Å². The van der Waals surface area contributed by atoms with Crippen LogP contribution in [0.1, 0.15) is 215 Å². The summed E-state index contributed by atoms with van der Waals surface area (Å²) in [6, 6.07) is 0. The highest BCUT2D eigenvalue weighted by Gasteiger charge is 2.22. The average Bonchev–Trinajstić information content (AvgIpc) is 3.15. The Balaban J connectivity index is 4.32. The Bertz CT molecular complexity index is 854. The van der Waals surface area contributed by atoms with Crippen LogP contribution in [0.5, 0.6) is 0 Å². The predicted octanol–water partition coefficient (Wildman–Crippen LogP) is 12.0. The molecule has 1 atom stereocenters. The van der Waals surface area contributed by atoms with Gasteiger partial charge >= 0.3 is 6.09 Å². The Labute approximate surface area is 340 Å². The van der Waals surface area contributed by atoms with Gasteiger partial charge in [-0.15, -0.1) is 0 Å². The van der Waals surface area contributed by atoms with Crippen LogP contribution in [-0.4, -0.2) is 82.5 Å². The smallest absolute Gasteiger partial charge is 0.407 e. The van der Waals surface area contributed by atoms with E-state index in [0.29, 0.717) is 39.4 Å². The van der Waals surface area contributed by atoms with Crippen LogP contribution >= 0.6 is 0 Å². The van der Waals surface area contributed by atoms with Crippen molar-refractivity contribution in [3.63, 3.8) is 0 Å². The van der Waals surface area contributed by atoms with Gasteiger partial charge in [0, 0.05) is 39.8 Å². The van der Waals surface area contributed by atoms with Crippen LogP contribution in [0.2, 0.25) is 0 Å². The minimum Gasteiger partial charge on any atom is -0.447 e. The average molecular weight is 785 g/mol. The van der Waals surface area contributed by atoms with Crippen LogP contribution < -0.4 is 10.6 Å². The maximum Gasteiger partial charge on any atom is 0.407 e. The maximum absolute atomic E-state index is 12.5. The number of methoxy groups -OCH3 is 1. The summed E-state index contributed by atoms with van der Waals surface area (Å²) < 4.78 is 29.1. The normalized spacial score (nSPS) is 12.6. The van der Waals surface area contributed by atoms with Gasteiger partial charge in [0.05, 0.1) is 24.4 Å². The second-order valence-electron chi connectivity index (χ2n) is 17.0. The highest BCUT2D eigenvalue weighted by molar-refractivity contribution is 5.76. The lowest BCUT2D eigenvalue weighted by Crippen LogP contribution is -2.36. The maximum atomic E-state index is 12.5. The lowest BCUT2D eigenvalue weighted by Gasteiger charge is -2.29. The van der Waals surface area contributed by atoms with E-state index in [4.69, 9.17) is 23.7 Å². The summed E-state index contributed by atoms with van der Waals surface area (Å²) in [7, 11) is 1.71. The van der Waals surface area contributed by atoms with Gasteiger partial charge in [-0.05, 0) is 53.4 Å². The standard InChI is InChI=1S/C46H92N2O7/c1-8-10-12-14-16-18-20-22-24-26-28-30-37-52-40-42(53-38-31-29-27-25-23-21-19-17-15-13-11-9-2)41-54-44(50)48-35-32-43(49)47-36-33-46(5,6)55-39-34-45(3,4)51-7/h42H,8-41H2,1-7H3,(H,47,49)(H,48,50)/t42-/m0/s1. The van der Waals surface area contributed by atoms with E-state index in [1.165, 1.54) is 135 Å². The summed E-state index contributed by atoms with van der Waals surface area (Å²) >= 11 is 0. The molecule has 2 amide bonds. The van der Waals surface area contributed by atoms with E-state index in [-0.39, 0.29) is 42.8 Å². The van der Waals surface area contributed by atoms with E-state index >= 15 is 0 Å². The number of hydrogen-bond donors (Lipinski definition) is 2. The van der Waals surface area contributed by atoms with Crippen molar-refractivity contribution in [2.75, 3.05) is 53.2 Å². The lowest BCUT2D eigenvalue weighted by atomic mass is 10.0. The molecule has 0 rings (SSSR count). The zero-order valence-corrected chi connectivity index (χ0v) is 37.5. The van der Waals surface area contributed by atoms with Crippen molar-refractivity contribution >= 4 is 12.0 Å². The van der Waals surface area contributed by atoms with Crippen LogP contribution in [0.15, 0.2) is 0 Å². The molecule has 0 radical (unpaired) electrons. The molecular formula is C46H92N2O7. The third kappa shape index (κ3) is 39.2. The Morgan fingerprint density at radius 1 is 0.527 bits per heavy atom. The molecule has 0 aliphatic heterocycles. The van der Waals surface area contributed by atoms with Crippen molar-refractivity contribution in [2.45, 2.75) is 232 Å². The highest BCUT2D eigenvalue weighted by Crippen LogP contribution is 2.19. The molecule has 0 saturated heterocycles. The fourth-order valence-corrected chi connectivity index (χ4v) is 6.43. The van der Waals surface area contributed by atoms with Crippen LogP contribution in [0.4, 0.5) is 4.79 Å².